The lowest BCUT2D eigenvalue weighted by molar-refractivity contribution is 0.0697. The number of nitrogens with zero attached hydrogens (tertiary/aromatic N) is 1. The number of benzene rings is 3. The normalized spacial score (nSPS) is 12.2. The van der Waals surface area contributed by atoms with E-state index in [9.17, 15) is 27.8 Å². The Morgan fingerprint density at radius 3 is 2.29 bits per heavy atom. The molecule has 3 aromatic carbocycles. The molecule has 182 valence electrons. The predicted molar refractivity (Wildman–Crippen MR) is 135 cm³/mol. The zero-order chi connectivity index (χ0) is 25.5. The predicted octanol–water partition coefficient (Wildman–Crippen LogP) is 5.55. The SMILES string of the molecule is CC(C)(CCS(C)(=O)=O)c1c(-c2ccccc2C(=O)O)c2c(O)cccc2n1-c1ccc(F)cc1. The molecule has 2 N–H and O–H groups in total. The molecule has 4 aromatic rings. The number of fused-ring (bicyclic) bond motifs is 1. The van der Waals surface area contributed by atoms with Crippen molar-refractivity contribution < 1.29 is 27.8 Å². The molecule has 0 aliphatic heterocycles. The molecule has 0 saturated carbocycles. The highest BCUT2D eigenvalue weighted by molar-refractivity contribution is 7.90. The topological polar surface area (TPSA) is 96.6 Å². The number of aromatic carboxylic acids is 1. The third-order valence-electron chi connectivity index (χ3n) is 6.22. The highest BCUT2D eigenvalue weighted by Crippen LogP contribution is 2.47. The first-order chi connectivity index (χ1) is 16.4. The molecule has 0 unspecified atom stereocenters. The van der Waals surface area contributed by atoms with E-state index in [1.807, 2.05) is 18.4 Å². The van der Waals surface area contributed by atoms with Crippen LogP contribution in [0.25, 0.3) is 27.7 Å². The van der Waals surface area contributed by atoms with E-state index in [1.165, 1.54) is 30.5 Å². The fraction of sp³-hybridized carbons (Fsp3) is 0.222. The van der Waals surface area contributed by atoms with Crippen LogP contribution < -0.4 is 0 Å². The van der Waals surface area contributed by atoms with Gasteiger partial charge in [0.15, 0.2) is 0 Å². The van der Waals surface area contributed by atoms with Crippen LogP contribution in [0.1, 0.15) is 36.3 Å². The van der Waals surface area contributed by atoms with Crippen LogP contribution in [0.15, 0.2) is 66.7 Å². The highest BCUT2D eigenvalue weighted by atomic mass is 32.2. The lowest BCUT2D eigenvalue weighted by Gasteiger charge is -2.29. The molecule has 0 fully saturated rings. The standard InChI is InChI=1S/C27H26FNO5S/c1-27(2,15-16-35(3,33)34)25-23(19-7-4-5-8-20(19)26(31)32)24-21(9-6-10-22(24)30)29(25)18-13-11-17(28)12-14-18/h4-14,30H,15-16H2,1-3H3,(H,31,32). The van der Waals surface area contributed by atoms with Crippen molar-refractivity contribution in [3.8, 4) is 22.6 Å². The average molecular weight is 496 g/mol. The Morgan fingerprint density at radius 1 is 1.00 bits per heavy atom. The van der Waals surface area contributed by atoms with Crippen LogP contribution in [0.4, 0.5) is 4.39 Å². The summed E-state index contributed by atoms with van der Waals surface area (Å²) in [7, 11) is -3.29. The second kappa shape index (κ2) is 8.85. The summed E-state index contributed by atoms with van der Waals surface area (Å²) in [6.07, 6.45) is 1.41. The summed E-state index contributed by atoms with van der Waals surface area (Å²) >= 11 is 0. The Labute approximate surface area is 203 Å². The molecule has 1 heterocycles. The Hall–Kier alpha value is -3.65. The lowest BCUT2D eigenvalue weighted by Crippen LogP contribution is -2.25. The molecule has 4 rings (SSSR count). The van der Waals surface area contributed by atoms with Gasteiger partial charge in [-0.3, -0.25) is 0 Å². The first-order valence-corrected chi connectivity index (χ1v) is 13.1. The summed E-state index contributed by atoms with van der Waals surface area (Å²) in [6, 6.07) is 17.4. The van der Waals surface area contributed by atoms with Crippen LogP contribution in [-0.2, 0) is 15.3 Å². The molecule has 8 heteroatoms. The molecule has 0 spiro atoms. The number of sulfone groups is 1. The summed E-state index contributed by atoms with van der Waals surface area (Å²) in [5, 5.41) is 21.4. The molecule has 6 nitrogen and oxygen atoms in total. The van der Waals surface area contributed by atoms with Gasteiger partial charge in [-0.05, 0) is 54.4 Å². The number of aromatic nitrogens is 1. The maximum atomic E-state index is 13.8. The molecule has 0 radical (unpaired) electrons. The molecular formula is C27H26FNO5S. The van der Waals surface area contributed by atoms with Crippen LogP contribution in [0.3, 0.4) is 0 Å². The van der Waals surface area contributed by atoms with Gasteiger partial charge in [-0.1, -0.05) is 38.1 Å². The third-order valence-corrected chi connectivity index (χ3v) is 7.17. The van der Waals surface area contributed by atoms with Gasteiger partial charge in [0.2, 0.25) is 0 Å². The van der Waals surface area contributed by atoms with E-state index in [1.54, 1.807) is 42.5 Å². The molecule has 0 amide bonds. The fourth-order valence-corrected chi connectivity index (χ4v) is 5.41. The number of phenols is 1. The van der Waals surface area contributed by atoms with Crippen molar-refractivity contribution in [3.05, 3.63) is 83.8 Å². The molecule has 0 aliphatic carbocycles. The monoisotopic (exact) mass is 495 g/mol. The third kappa shape index (κ3) is 4.66. The molecule has 0 bridgehead atoms. The number of halogens is 1. The van der Waals surface area contributed by atoms with E-state index in [-0.39, 0.29) is 23.5 Å². The van der Waals surface area contributed by atoms with Crippen molar-refractivity contribution in [2.24, 2.45) is 0 Å². The number of hydrogen-bond acceptors (Lipinski definition) is 4. The van der Waals surface area contributed by atoms with E-state index in [4.69, 9.17) is 0 Å². The molecular weight excluding hydrogens is 469 g/mol. The lowest BCUT2D eigenvalue weighted by atomic mass is 9.81. The maximum Gasteiger partial charge on any atom is 0.336 e. The zero-order valence-electron chi connectivity index (χ0n) is 19.6. The largest absolute Gasteiger partial charge is 0.507 e. The molecule has 35 heavy (non-hydrogen) atoms. The number of rotatable bonds is 7. The van der Waals surface area contributed by atoms with Crippen LogP contribution in [0.5, 0.6) is 5.75 Å². The van der Waals surface area contributed by atoms with Crippen molar-refractivity contribution in [1.82, 2.24) is 4.57 Å². The molecule has 1 aromatic heterocycles. The van der Waals surface area contributed by atoms with Gasteiger partial charge in [0.05, 0.1) is 16.8 Å². The first-order valence-electron chi connectivity index (χ1n) is 11.0. The van der Waals surface area contributed by atoms with Crippen LogP contribution in [-0.4, -0.2) is 41.2 Å². The summed E-state index contributed by atoms with van der Waals surface area (Å²) in [6.45, 7) is 3.77. The average Bonchev–Trinajstić information content (AvgIpc) is 3.15. The van der Waals surface area contributed by atoms with E-state index in [0.717, 1.165) is 0 Å². The van der Waals surface area contributed by atoms with Crippen LogP contribution in [0, 0.1) is 5.82 Å². The number of aromatic hydroxyl groups is 1. The van der Waals surface area contributed by atoms with Crippen molar-refractivity contribution in [2.45, 2.75) is 25.7 Å². The Bertz CT molecular complexity index is 1540. The van der Waals surface area contributed by atoms with Gasteiger partial charge in [0.25, 0.3) is 0 Å². The summed E-state index contributed by atoms with van der Waals surface area (Å²) in [5.74, 6) is -1.67. The second-order valence-electron chi connectivity index (χ2n) is 9.32. The minimum Gasteiger partial charge on any atom is -0.507 e. The van der Waals surface area contributed by atoms with Gasteiger partial charge in [-0.15, -0.1) is 0 Å². The van der Waals surface area contributed by atoms with E-state index in [0.29, 0.717) is 33.4 Å². The van der Waals surface area contributed by atoms with Crippen molar-refractivity contribution >= 4 is 26.7 Å². The number of carboxylic acids is 1. The van der Waals surface area contributed by atoms with Gasteiger partial charge in [0, 0.05) is 34.0 Å². The number of phenolic OH excluding ortho intramolecular Hbond substituents is 1. The summed E-state index contributed by atoms with van der Waals surface area (Å²) < 4.78 is 39.8. The van der Waals surface area contributed by atoms with Gasteiger partial charge in [-0.25, -0.2) is 17.6 Å². The highest BCUT2D eigenvalue weighted by Gasteiger charge is 2.34. The maximum absolute atomic E-state index is 13.8. The fourth-order valence-electron chi connectivity index (χ4n) is 4.53. The quantitative estimate of drug-likeness (QED) is 0.350. The number of carboxylic acid groups (broad SMARTS) is 1. The van der Waals surface area contributed by atoms with E-state index >= 15 is 0 Å². The van der Waals surface area contributed by atoms with Gasteiger partial charge < -0.3 is 14.8 Å². The smallest absolute Gasteiger partial charge is 0.336 e. The van der Waals surface area contributed by atoms with Crippen molar-refractivity contribution in [1.29, 1.82) is 0 Å². The summed E-state index contributed by atoms with van der Waals surface area (Å²) in [4.78, 5) is 12.2. The Balaban J connectivity index is 2.19. The van der Waals surface area contributed by atoms with Crippen molar-refractivity contribution in [3.63, 3.8) is 0 Å². The Kier molecular flexibility index (Phi) is 6.19. The van der Waals surface area contributed by atoms with Crippen LogP contribution in [0.2, 0.25) is 0 Å². The minimum atomic E-state index is -3.29. The van der Waals surface area contributed by atoms with Gasteiger partial charge >= 0.3 is 5.97 Å². The number of hydrogen-bond donors (Lipinski definition) is 2. The van der Waals surface area contributed by atoms with E-state index < -0.39 is 27.0 Å². The van der Waals surface area contributed by atoms with E-state index in [2.05, 4.69) is 0 Å². The first kappa shape index (κ1) is 24.5. The molecule has 0 aliphatic rings. The summed E-state index contributed by atoms with van der Waals surface area (Å²) in [5.41, 5.74) is 1.97. The van der Waals surface area contributed by atoms with Crippen molar-refractivity contribution in [2.75, 3.05) is 12.0 Å². The van der Waals surface area contributed by atoms with Crippen LogP contribution >= 0.6 is 0 Å². The Morgan fingerprint density at radius 2 is 1.66 bits per heavy atom. The zero-order valence-corrected chi connectivity index (χ0v) is 20.4. The minimum absolute atomic E-state index is 0.0429. The second-order valence-corrected chi connectivity index (χ2v) is 11.6. The van der Waals surface area contributed by atoms with Gasteiger partial charge in [-0.2, -0.15) is 0 Å². The molecule has 0 atom stereocenters. The number of carbonyl (C=O) groups is 1. The molecule has 0 saturated heterocycles. The van der Waals surface area contributed by atoms with Gasteiger partial charge in [0.1, 0.15) is 21.4 Å².